The SMILES string of the molecule is CC(Sc1ccc(Cl)cc1)C(=O)Nc1cccc(O)c1. The number of aromatic hydroxyl groups is 1. The minimum absolute atomic E-state index is 0.115. The molecule has 2 aromatic rings. The first-order valence-electron chi connectivity index (χ1n) is 6.07. The summed E-state index contributed by atoms with van der Waals surface area (Å²) in [6.45, 7) is 1.83. The Hall–Kier alpha value is -1.65. The van der Waals surface area contributed by atoms with Gasteiger partial charge in [-0.15, -0.1) is 11.8 Å². The van der Waals surface area contributed by atoms with E-state index in [2.05, 4.69) is 5.32 Å². The van der Waals surface area contributed by atoms with Gasteiger partial charge in [-0.3, -0.25) is 4.79 Å². The molecule has 0 fully saturated rings. The Morgan fingerprint density at radius 3 is 2.60 bits per heavy atom. The van der Waals surface area contributed by atoms with Crippen molar-refractivity contribution in [3.63, 3.8) is 0 Å². The van der Waals surface area contributed by atoms with E-state index in [9.17, 15) is 9.90 Å². The molecule has 0 saturated heterocycles. The van der Waals surface area contributed by atoms with Crippen molar-refractivity contribution < 1.29 is 9.90 Å². The maximum Gasteiger partial charge on any atom is 0.237 e. The lowest BCUT2D eigenvalue weighted by Crippen LogP contribution is -2.22. The van der Waals surface area contributed by atoms with Crippen LogP contribution in [0, 0.1) is 0 Å². The van der Waals surface area contributed by atoms with E-state index in [1.54, 1.807) is 30.3 Å². The van der Waals surface area contributed by atoms with Gasteiger partial charge in [0.1, 0.15) is 5.75 Å². The predicted molar refractivity (Wildman–Crippen MR) is 83.5 cm³/mol. The van der Waals surface area contributed by atoms with Gasteiger partial charge in [0.2, 0.25) is 5.91 Å². The molecule has 2 aromatic carbocycles. The van der Waals surface area contributed by atoms with Gasteiger partial charge in [0.25, 0.3) is 0 Å². The number of phenolic OH excluding ortho intramolecular Hbond substituents is 1. The van der Waals surface area contributed by atoms with Crippen LogP contribution in [0.5, 0.6) is 5.75 Å². The first-order chi connectivity index (χ1) is 9.54. The van der Waals surface area contributed by atoms with Crippen molar-refractivity contribution in [1.82, 2.24) is 0 Å². The number of halogens is 1. The number of hydrogen-bond donors (Lipinski definition) is 2. The highest BCUT2D eigenvalue weighted by Gasteiger charge is 2.14. The van der Waals surface area contributed by atoms with Crippen LogP contribution in [0.4, 0.5) is 5.69 Å². The zero-order chi connectivity index (χ0) is 14.5. The van der Waals surface area contributed by atoms with Crippen molar-refractivity contribution in [2.24, 2.45) is 0 Å². The third kappa shape index (κ3) is 4.18. The molecule has 1 amide bonds. The number of phenols is 1. The first-order valence-corrected chi connectivity index (χ1v) is 7.32. The van der Waals surface area contributed by atoms with E-state index < -0.39 is 0 Å². The van der Waals surface area contributed by atoms with Crippen LogP contribution in [0.2, 0.25) is 5.02 Å². The van der Waals surface area contributed by atoms with Gasteiger partial charge in [0, 0.05) is 21.7 Å². The lowest BCUT2D eigenvalue weighted by molar-refractivity contribution is -0.115. The van der Waals surface area contributed by atoms with Gasteiger partial charge in [-0.25, -0.2) is 0 Å². The first kappa shape index (κ1) is 14.8. The zero-order valence-corrected chi connectivity index (χ0v) is 12.4. The standard InChI is InChI=1S/C15H14ClNO2S/c1-10(20-14-7-5-11(16)6-8-14)15(19)17-12-3-2-4-13(18)9-12/h2-10,18H,1H3,(H,17,19). The van der Waals surface area contributed by atoms with Crippen molar-refractivity contribution in [3.05, 3.63) is 53.6 Å². The molecule has 0 heterocycles. The van der Waals surface area contributed by atoms with Crippen LogP contribution in [-0.4, -0.2) is 16.3 Å². The number of carbonyl (C=O) groups excluding carboxylic acids is 1. The summed E-state index contributed by atoms with van der Waals surface area (Å²) in [5, 5.41) is 12.5. The average molecular weight is 308 g/mol. The summed E-state index contributed by atoms with van der Waals surface area (Å²) >= 11 is 7.27. The molecule has 0 aliphatic rings. The Morgan fingerprint density at radius 1 is 1.25 bits per heavy atom. The van der Waals surface area contributed by atoms with Crippen molar-refractivity contribution in [3.8, 4) is 5.75 Å². The summed E-state index contributed by atoms with van der Waals surface area (Å²) in [7, 11) is 0. The van der Waals surface area contributed by atoms with Crippen LogP contribution in [0.25, 0.3) is 0 Å². The van der Waals surface area contributed by atoms with Crippen molar-refractivity contribution in [2.75, 3.05) is 5.32 Å². The fraction of sp³-hybridized carbons (Fsp3) is 0.133. The minimum Gasteiger partial charge on any atom is -0.508 e. The molecular weight excluding hydrogens is 294 g/mol. The smallest absolute Gasteiger partial charge is 0.237 e. The minimum atomic E-state index is -0.251. The van der Waals surface area contributed by atoms with E-state index in [-0.39, 0.29) is 16.9 Å². The van der Waals surface area contributed by atoms with Gasteiger partial charge >= 0.3 is 0 Å². The van der Waals surface area contributed by atoms with Gasteiger partial charge in [0.05, 0.1) is 5.25 Å². The molecular formula is C15H14ClNO2S. The van der Waals surface area contributed by atoms with Crippen molar-refractivity contribution in [2.45, 2.75) is 17.1 Å². The molecule has 0 aliphatic heterocycles. The second-order valence-electron chi connectivity index (χ2n) is 4.25. The highest BCUT2D eigenvalue weighted by Crippen LogP contribution is 2.26. The Bertz CT molecular complexity index is 601. The summed E-state index contributed by atoms with van der Waals surface area (Å²) in [6, 6.07) is 13.8. The predicted octanol–water partition coefficient (Wildman–Crippen LogP) is 4.16. The topological polar surface area (TPSA) is 49.3 Å². The summed E-state index contributed by atoms with van der Waals surface area (Å²) in [6.07, 6.45) is 0. The Morgan fingerprint density at radius 2 is 1.95 bits per heavy atom. The maximum atomic E-state index is 12.1. The molecule has 0 aromatic heterocycles. The highest BCUT2D eigenvalue weighted by molar-refractivity contribution is 8.00. The molecule has 104 valence electrons. The lowest BCUT2D eigenvalue weighted by Gasteiger charge is -2.12. The lowest BCUT2D eigenvalue weighted by atomic mass is 10.3. The summed E-state index contributed by atoms with van der Waals surface area (Å²) in [4.78, 5) is 13.0. The van der Waals surface area contributed by atoms with Crippen LogP contribution >= 0.6 is 23.4 Å². The number of thioether (sulfide) groups is 1. The van der Waals surface area contributed by atoms with E-state index in [0.717, 1.165) is 4.90 Å². The monoisotopic (exact) mass is 307 g/mol. The molecule has 1 atom stereocenters. The molecule has 20 heavy (non-hydrogen) atoms. The van der Waals surface area contributed by atoms with Crippen LogP contribution < -0.4 is 5.32 Å². The number of amides is 1. The Kier molecular flexibility index (Phi) is 4.93. The van der Waals surface area contributed by atoms with E-state index in [1.807, 2.05) is 19.1 Å². The zero-order valence-electron chi connectivity index (χ0n) is 10.8. The number of hydrogen-bond acceptors (Lipinski definition) is 3. The fourth-order valence-corrected chi connectivity index (χ4v) is 2.59. The van der Waals surface area contributed by atoms with Gasteiger partial charge in [-0.1, -0.05) is 17.7 Å². The second-order valence-corrected chi connectivity index (χ2v) is 6.10. The van der Waals surface area contributed by atoms with Crippen molar-refractivity contribution >= 4 is 35.0 Å². The largest absolute Gasteiger partial charge is 0.508 e. The van der Waals surface area contributed by atoms with E-state index in [1.165, 1.54) is 17.8 Å². The third-order valence-corrected chi connectivity index (χ3v) is 3.97. The van der Waals surface area contributed by atoms with E-state index in [4.69, 9.17) is 11.6 Å². The third-order valence-electron chi connectivity index (χ3n) is 2.61. The maximum absolute atomic E-state index is 12.1. The van der Waals surface area contributed by atoms with Crippen LogP contribution in [0.15, 0.2) is 53.4 Å². The molecule has 0 aliphatic carbocycles. The summed E-state index contributed by atoms with van der Waals surface area (Å²) < 4.78 is 0. The number of carbonyl (C=O) groups is 1. The number of rotatable bonds is 4. The molecule has 2 rings (SSSR count). The fourth-order valence-electron chi connectivity index (χ4n) is 1.60. The summed E-state index contributed by atoms with van der Waals surface area (Å²) in [5.74, 6) is 0.0105. The molecule has 2 N–H and O–H groups in total. The number of benzene rings is 2. The molecule has 3 nitrogen and oxygen atoms in total. The normalized spacial score (nSPS) is 11.9. The molecule has 1 unspecified atom stereocenters. The quantitative estimate of drug-likeness (QED) is 0.834. The molecule has 0 saturated carbocycles. The number of anilines is 1. The van der Waals surface area contributed by atoms with E-state index in [0.29, 0.717) is 10.7 Å². The van der Waals surface area contributed by atoms with Gasteiger partial charge in [-0.05, 0) is 43.3 Å². The van der Waals surface area contributed by atoms with Crippen LogP contribution in [0.3, 0.4) is 0 Å². The van der Waals surface area contributed by atoms with Gasteiger partial charge < -0.3 is 10.4 Å². The Balaban J connectivity index is 1.96. The van der Waals surface area contributed by atoms with Crippen molar-refractivity contribution in [1.29, 1.82) is 0 Å². The molecule has 0 spiro atoms. The summed E-state index contributed by atoms with van der Waals surface area (Å²) in [5.41, 5.74) is 0.582. The highest BCUT2D eigenvalue weighted by atomic mass is 35.5. The Labute approximate surface area is 127 Å². The van der Waals surface area contributed by atoms with Gasteiger partial charge in [-0.2, -0.15) is 0 Å². The molecule has 5 heteroatoms. The van der Waals surface area contributed by atoms with Crippen LogP contribution in [0.1, 0.15) is 6.92 Å². The van der Waals surface area contributed by atoms with Gasteiger partial charge in [0.15, 0.2) is 0 Å². The number of nitrogens with one attached hydrogen (secondary N) is 1. The van der Waals surface area contributed by atoms with E-state index >= 15 is 0 Å². The molecule has 0 bridgehead atoms. The molecule has 0 radical (unpaired) electrons. The van der Waals surface area contributed by atoms with Crippen LogP contribution in [-0.2, 0) is 4.79 Å². The second kappa shape index (κ2) is 6.68. The average Bonchev–Trinajstić information content (AvgIpc) is 2.41.